The van der Waals surface area contributed by atoms with Gasteiger partial charge in [-0.15, -0.1) is 0 Å². The zero-order valence-electron chi connectivity index (χ0n) is 22.0. The number of fused-ring (bicyclic) bond motifs is 1. The van der Waals surface area contributed by atoms with Gasteiger partial charge in [0.25, 0.3) is 5.91 Å². The van der Waals surface area contributed by atoms with E-state index in [0.717, 1.165) is 12.8 Å². The monoisotopic (exact) mass is 523 g/mol. The molecule has 2 saturated carbocycles. The molecule has 2 fully saturated rings. The summed E-state index contributed by atoms with van der Waals surface area (Å²) in [5.74, 6) is 0.803. The van der Waals surface area contributed by atoms with Crippen LogP contribution < -0.4 is 20.3 Å². The van der Waals surface area contributed by atoms with Crippen LogP contribution in [0.4, 0.5) is 22.1 Å². The maximum absolute atomic E-state index is 13.2. The van der Waals surface area contributed by atoms with Crippen molar-refractivity contribution in [3.63, 3.8) is 0 Å². The fourth-order valence-electron chi connectivity index (χ4n) is 4.25. The quantitative estimate of drug-likeness (QED) is 0.424. The van der Waals surface area contributed by atoms with Crippen LogP contribution >= 0.6 is 0 Å². The number of pyridine rings is 1. The molecule has 0 aliphatic heterocycles. The van der Waals surface area contributed by atoms with Crippen LogP contribution in [0.15, 0.2) is 30.6 Å². The Bertz CT molecular complexity index is 1350. The lowest BCUT2D eigenvalue weighted by Gasteiger charge is -2.25. The van der Waals surface area contributed by atoms with E-state index in [-0.39, 0.29) is 29.3 Å². The van der Waals surface area contributed by atoms with Crippen molar-refractivity contribution in [3.05, 3.63) is 36.2 Å². The number of hydrogen-bond acceptors (Lipinski definition) is 9. The number of anilines is 3. The molecule has 0 aromatic carbocycles. The van der Waals surface area contributed by atoms with Gasteiger partial charge in [-0.1, -0.05) is 0 Å². The van der Waals surface area contributed by atoms with Gasteiger partial charge in [-0.3, -0.25) is 9.69 Å². The largest absolute Gasteiger partial charge is 0.473 e. The van der Waals surface area contributed by atoms with Crippen LogP contribution in [0.1, 0.15) is 63.2 Å². The Labute approximate surface area is 220 Å². The first-order valence-electron chi connectivity index (χ1n) is 12.8. The fourth-order valence-corrected chi connectivity index (χ4v) is 4.25. The van der Waals surface area contributed by atoms with E-state index in [1.165, 1.54) is 15.6 Å². The van der Waals surface area contributed by atoms with Crippen molar-refractivity contribution in [2.75, 3.05) is 17.3 Å². The van der Waals surface area contributed by atoms with Crippen LogP contribution in [0.3, 0.4) is 0 Å². The summed E-state index contributed by atoms with van der Waals surface area (Å²) in [6.45, 7) is 5.36. The van der Waals surface area contributed by atoms with Crippen molar-refractivity contribution in [1.82, 2.24) is 24.9 Å². The molecule has 2 atom stereocenters. The van der Waals surface area contributed by atoms with Crippen molar-refractivity contribution in [3.8, 4) is 5.88 Å². The maximum atomic E-state index is 13.2. The molecule has 5 rings (SSSR count). The highest BCUT2D eigenvalue weighted by atomic mass is 16.6. The van der Waals surface area contributed by atoms with Crippen molar-refractivity contribution in [1.29, 1.82) is 0 Å². The van der Waals surface area contributed by atoms with Gasteiger partial charge in [0.15, 0.2) is 5.65 Å². The summed E-state index contributed by atoms with van der Waals surface area (Å²) in [7, 11) is 1.57. The zero-order chi connectivity index (χ0) is 27.0. The van der Waals surface area contributed by atoms with Crippen LogP contribution in [0.2, 0.25) is 0 Å². The van der Waals surface area contributed by atoms with Gasteiger partial charge in [-0.05, 0) is 65.0 Å². The molecule has 3 aromatic heterocycles. The zero-order valence-corrected chi connectivity index (χ0v) is 22.0. The van der Waals surface area contributed by atoms with E-state index in [0.29, 0.717) is 42.5 Å². The van der Waals surface area contributed by atoms with Gasteiger partial charge in [-0.25, -0.2) is 14.8 Å². The van der Waals surface area contributed by atoms with Gasteiger partial charge in [-0.2, -0.15) is 9.61 Å². The van der Waals surface area contributed by atoms with Crippen LogP contribution in [0.5, 0.6) is 5.88 Å². The number of carbonyl (C=O) groups excluding carboxylic acids is 2. The van der Waals surface area contributed by atoms with E-state index in [1.807, 2.05) is 6.07 Å². The minimum atomic E-state index is -0.704. The predicted molar refractivity (Wildman–Crippen MR) is 140 cm³/mol. The van der Waals surface area contributed by atoms with E-state index in [4.69, 9.17) is 9.47 Å². The second-order valence-electron chi connectivity index (χ2n) is 10.8. The summed E-state index contributed by atoms with van der Waals surface area (Å²) < 4.78 is 12.9. The highest BCUT2D eigenvalue weighted by Crippen LogP contribution is 2.32. The fraction of sp³-hybridized carbons (Fsp3) is 0.500. The summed E-state index contributed by atoms with van der Waals surface area (Å²) in [6.07, 6.45) is 6.03. The standard InChI is InChI=1S/C26H33N7O5/c1-26(2,3)38-25(36)32(4)21-13-20(30-19-6-5-11-27-24(19)37-17-9-10-17)31-22-18(14-28-33(21)22)23(35)29-15-7-8-16(34)12-15/h5-6,11,13-17,34H,7-10,12H2,1-4H3,(H,29,35)(H,30,31). The molecular formula is C26H33N7O5. The predicted octanol–water partition coefficient (Wildman–Crippen LogP) is 3.42. The van der Waals surface area contributed by atoms with E-state index in [2.05, 4.69) is 25.7 Å². The van der Waals surface area contributed by atoms with E-state index < -0.39 is 17.8 Å². The maximum Gasteiger partial charge on any atom is 0.415 e. The lowest BCUT2D eigenvalue weighted by atomic mass is 10.2. The third kappa shape index (κ3) is 5.80. The van der Waals surface area contributed by atoms with E-state index >= 15 is 0 Å². The molecule has 2 aliphatic rings. The van der Waals surface area contributed by atoms with Gasteiger partial charge in [0.2, 0.25) is 5.88 Å². The second-order valence-corrected chi connectivity index (χ2v) is 10.8. The Balaban J connectivity index is 1.52. The molecule has 12 heteroatoms. The minimum Gasteiger partial charge on any atom is -0.473 e. The lowest BCUT2D eigenvalue weighted by molar-refractivity contribution is 0.0587. The average Bonchev–Trinajstić information content (AvgIpc) is 3.41. The van der Waals surface area contributed by atoms with Crippen molar-refractivity contribution >= 4 is 35.0 Å². The summed E-state index contributed by atoms with van der Waals surface area (Å²) in [4.78, 5) is 36.5. The molecule has 202 valence electrons. The number of nitrogens with zero attached hydrogens (tertiary/aromatic N) is 5. The van der Waals surface area contributed by atoms with Gasteiger partial charge >= 0.3 is 6.09 Å². The first-order chi connectivity index (χ1) is 18.1. The molecule has 0 saturated heterocycles. The summed E-state index contributed by atoms with van der Waals surface area (Å²) in [5, 5.41) is 20.4. The molecule has 2 unspecified atom stereocenters. The van der Waals surface area contributed by atoms with Gasteiger partial charge in [0, 0.05) is 25.4 Å². The number of amides is 2. The Morgan fingerprint density at radius 3 is 2.68 bits per heavy atom. The highest BCUT2D eigenvalue weighted by molar-refractivity contribution is 6.00. The van der Waals surface area contributed by atoms with Gasteiger partial charge in [0.1, 0.15) is 34.6 Å². The molecular weight excluding hydrogens is 490 g/mol. The SMILES string of the molecule is CN(C(=O)OC(C)(C)C)c1cc(Nc2cccnc2OC2CC2)nc2c(C(=O)NC3CCC(O)C3)cnn12. The van der Waals surface area contributed by atoms with Gasteiger partial charge in [0.05, 0.1) is 12.3 Å². The first-order valence-corrected chi connectivity index (χ1v) is 12.8. The molecule has 2 amide bonds. The number of nitrogens with one attached hydrogen (secondary N) is 2. The third-order valence-electron chi connectivity index (χ3n) is 6.29. The topological polar surface area (TPSA) is 143 Å². The molecule has 2 aliphatic carbocycles. The Hall–Kier alpha value is -3.93. The van der Waals surface area contributed by atoms with Gasteiger partial charge < -0.3 is 25.2 Å². The van der Waals surface area contributed by atoms with Crippen molar-refractivity contribution in [2.45, 2.75) is 76.7 Å². The summed E-state index contributed by atoms with van der Waals surface area (Å²) in [6, 6.07) is 5.12. The number of aliphatic hydroxyl groups is 1. The molecule has 0 spiro atoms. The number of ether oxygens (including phenoxy) is 2. The second kappa shape index (κ2) is 10.1. The highest BCUT2D eigenvalue weighted by Gasteiger charge is 2.29. The van der Waals surface area contributed by atoms with E-state index in [9.17, 15) is 14.7 Å². The van der Waals surface area contributed by atoms with Crippen LogP contribution in [-0.4, -0.2) is 67.6 Å². The lowest BCUT2D eigenvalue weighted by Crippen LogP contribution is -2.35. The van der Waals surface area contributed by atoms with Crippen molar-refractivity contribution in [2.24, 2.45) is 0 Å². The molecule has 3 heterocycles. The average molecular weight is 524 g/mol. The Kier molecular flexibility index (Phi) is 6.82. The molecule has 3 aromatic rings. The molecule has 0 radical (unpaired) electrons. The molecule has 0 bridgehead atoms. The third-order valence-corrected chi connectivity index (χ3v) is 6.29. The number of rotatable bonds is 7. The Morgan fingerprint density at radius 1 is 1.21 bits per heavy atom. The summed E-state index contributed by atoms with van der Waals surface area (Å²) in [5.41, 5.74) is 0.400. The number of hydrogen-bond donors (Lipinski definition) is 3. The number of carbonyl (C=O) groups is 2. The Morgan fingerprint density at radius 2 is 2.00 bits per heavy atom. The van der Waals surface area contributed by atoms with Crippen molar-refractivity contribution < 1.29 is 24.2 Å². The molecule has 38 heavy (non-hydrogen) atoms. The minimum absolute atomic E-state index is 0.129. The first kappa shape index (κ1) is 25.7. The number of aliphatic hydroxyl groups excluding tert-OH is 1. The number of aromatic nitrogens is 4. The van der Waals surface area contributed by atoms with Crippen LogP contribution in [0.25, 0.3) is 5.65 Å². The van der Waals surface area contributed by atoms with Crippen LogP contribution in [0, 0.1) is 0 Å². The molecule has 12 nitrogen and oxygen atoms in total. The molecule has 3 N–H and O–H groups in total. The smallest absolute Gasteiger partial charge is 0.415 e. The summed E-state index contributed by atoms with van der Waals surface area (Å²) >= 11 is 0. The van der Waals surface area contributed by atoms with E-state index in [1.54, 1.807) is 46.1 Å². The normalized spacial score (nSPS) is 19.3. The van der Waals surface area contributed by atoms with Crippen LogP contribution in [-0.2, 0) is 4.74 Å².